The van der Waals surface area contributed by atoms with Crippen LogP contribution in [0.25, 0.3) is 0 Å². The van der Waals surface area contributed by atoms with Crippen molar-refractivity contribution in [3.05, 3.63) is 71.8 Å². The number of nitrogens with one attached hydrogen (secondary N) is 1. The molecule has 0 heterocycles. The van der Waals surface area contributed by atoms with Crippen LogP contribution >= 0.6 is 0 Å². The number of urea groups is 1. The Morgan fingerprint density at radius 3 is 1.78 bits per heavy atom. The summed E-state index contributed by atoms with van der Waals surface area (Å²) < 4.78 is 0. The fourth-order valence-electron chi connectivity index (χ4n) is 1.70. The van der Waals surface area contributed by atoms with Gasteiger partial charge in [0.2, 0.25) is 0 Å². The Labute approximate surface area is 105 Å². The second-order valence-electron chi connectivity index (χ2n) is 3.79. The molecule has 3 N–H and O–H groups in total. The average molecular weight is 242 g/mol. The molecule has 0 saturated heterocycles. The summed E-state index contributed by atoms with van der Waals surface area (Å²) in [5.41, 5.74) is 9.09. The molecule has 0 spiro atoms. The highest BCUT2D eigenvalue weighted by Gasteiger charge is 2.15. The van der Waals surface area contributed by atoms with Crippen LogP contribution in [0.3, 0.4) is 0 Å². The molecule has 2 amide bonds. The minimum absolute atomic E-state index is 0.375. The molecule has 0 aliphatic carbocycles. The van der Waals surface area contributed by atoms with Gasteiger partial charge in [-0.05, 0) is 11.1 Å². The molecule has 2 aromatic rings. The first-order valence-electron chi connectivity index (χ1n) is 5.58. The Morgan fingerprint density at radius 2 is 1.39 bits per heavy atom. The minimum Gasteiger partial charge on any atom is -0.350 e. The number of nitrogens with two attached hydrogens (primary N) is 1. The van der Waals surface area contributed by atoms with Crippen molar-refractivity contribution in [3.63, 3.8) is 0 Å². The van der Waals surface area contributed by atoms with Gasteiger partial charge < -0.3 is 5.73 Å². The van der Waals surface area contributed by atoms with E-state index >= 15 is 0 Å². The lowest BCUT2D eigenvalue weighted by atomic mass is 10.0. The van der Waals surface area contributed by atoms with Crippen LogP contribution < -0.4 is 11.2 Å². The number of benzene rings is 2. The summed E-state index contributed by atoms with van der Waals surface area (Å²) in [6, 6.07) is 18.5. The molecule has 4 heteroatoms. The van der Waals surface area contributed by atoms with Gasteiger partial charge in [0.1, 0.15) is 6.10 Å². The Kier molecular flexibility index (Phi) is 3.94. The standard InChI is InChI=1S/C14H14N2O2/c15-14(17)16-18-13(11-7-3-1-4-8-11)12-9-5-2-6-10-12/h1-10,13H,(H3,15,16,17). The van der Waals surface area contributed by atoms with Gasteiger partial charge >= 0.3 is 6.03 Å². The largest absolute Gasteiger partial charge is 0.350 e. The normalized spacial score (nSPS) is 10.3. The van der Waals surface area contributed by atoms with E-state index in [1.54, 1.807) is 0 Å². The summed E-state index contributed by atoms with van der Waals surface area (Å²) >= 11 is 0. The van der Waals surface area contributed by atoms with Crippen molar-refractivity contribution in [1.29, 1.82) is 0 Å². The first-order valence-corrected chi connectivity index (χ1v) is 5.58. The minimum atomic E-state index is -0.716. The van der Waals surface area contributed by atoms with Crippen LogP contribution in [-0.2, 0) is 4.84 Å². The number of amides is 2. The monoisotopic (exact) mass is 242 g/mol. The Balaban J connectivity index is 2.26. The van der Waals surface area contributed by atoms with E-state index in [2.05, 4.69) is 5.48 Å². The Morgan fingerprint density at radius 1 is 0.944 bits per heavy atom. The topological polar surface area (TPSA) is 64.4 Å². The van der Waals surface area contributed by atoms with Crippen molar-refractivity contribution in [3.8, 4) is 0 Å². The van der Waals surface area contributed by atoms with Crippen molar-refractivity contribution in [2.75, 3.05) is 0 Å². The van der Waals surface area contributed by atoms with Crippen LogP contribution in [0.2, 0.25) is 0 Å². The van der Waals surface area contributed by atoms with E-state index < -0.39 is 6.03 Å². The molecule has 0 bridgehead atoms. The molecule has 92 valence electrons. The molecule has 18 heavy (non-hydrogen) atoms. The van der Waals surface area contributed by atoms with Gasteiger partial charge in [-0.1, -0.05) is 60.7 Å². The smallest absolute Gasteiger partial charge is 0.336 e. The molecule has 0 fully saturated rings. The molecule has 0 radical (unpaired) electrons. The molecule has 0 aliphatic heterocycles. The summed E-state index contributed by atoms with van der Waals surface area (Å²) in [6.07, 6.45) is -0.375. The first-order chi connectivity index (χ1) is 8.77. The Bertz CT molecular complexity index is 460. The third-order valence-corrected chi connectivity index (χ3v) is 2.48. The second kappa shape index (κ2) is 5.84. The predicted molar refractivity (Wildman–Crippen MR) is 68.5 cm³/mol. The second-order valence-corrected chi connectivity index (χ2v) is 3.79. The van der Waals surface area contributed by atoms with Gasteiger partial charge in [0.15, 0.2) is 0 Å². The van der Waals surface area contributed by atoms with Gasteiger partial charge in [-0.2, -0.15) is 0 Å². The molecule has 2 rings (SSSR count). The highest BCUT2D eigenvalue weighted by Crippen LogP contribution is 2.24. The van der Waals surface area contributed by atoms with E-state index in [0.717, 1.165) is 11.1 Å². The summed E-state index contributed by atoms with van der Waals surface area (Å²) in [4.78, 5) is 16.1. The summed E-state index contributed by atoms with van der Waals surface area (Å²) in [5, 5.41) is 0. The fraction of sp³-hybridized carbons (Fsp3) is 0.0714. The van der Waals surface area contributed by atoms with Crippen molar-refractivity contribution in [1.82, 2.24) is 5.48 Å². The van der Waals surface area contributed by atoms with E-state index in [1.807, 2.05) is 60.7 Å². The Hall–Kier alpha value is -2.33. The lowest BCUT2D eigenvalue weighted by Crippen LogP contribution is -2.31. The molecular weight excluding hydrogens is 228 g/mol. The van der Waals surface area contributed by atoms with Crippen LogP contribution in [0, 0.1) is 0 Å². The zero-order chi connectivity index (χ0) is 12.8. The third-order valence-electron chi connectivity index (χ3n) is 2.48. The molecular formula is C14H14N2O2. The maximum atomic E-state index is 10.8. The molecule has 4 nitrogen and oxygen atoms in total. The number of carbonyl (C=O) groups excluding carboxylic acids is 1. The SMILES string of the molecule is NC(=O)NOC(c1ccccc1)c1ccccc1. The molecule has 0 unspecified atom stereocenters. The van der Waals surface area contributed by atoms with Gasteiger partial charge in [0.25, 0.3) is 0 Å². The first kappa shape index (κ1) is 12.1. The number of hydrogen-bond donors (Lipinski definition) is 2. The number of primary amides is 1. The van der Waals surface area contributed by atoms with Gasteiger partial charge in [-0.15, -0.1) is 0 Å². The molecule has 0 saturated carbocycles. The van der Waals surface area contributed by atoms with Crippen LogP contribution in [0.15, 0.2) is 60.7 Å². The molecule has 0 aromatic heterocycles. The predicted octanol–water partition coefficient (Wildman–Crippen LogP) is 2.38. The summed E-state index contributed by atoms with van der Waals surface area (Å²) in [7, 11) is 0. The number of hydroxylamine groups is 1. The number of carbonyl (C=O) groups is 1. The lowest BCUT2D eigenvalue weighted by Gasteiger charge is -2.17. The van der Waals surface area contributed by atoms with E-state index in [1.165, 1.54) is 0 Å². The lowest BCUT2D eigenvalue weighted by molar-refractivity contribution is 0.0191. The number of hydrogen-bond acceptors (Lipinski definition) is 2. The van der Waals surface area contributed by atoms with E-state index in [-0.39, 0.29) is 6.10 Å². The van der Waals surface area contributed by atoms with Gasteiger partial charge in [0.05, 0.1) is 0 Å². The maximum absolute atomic E-state index is 10.8. The van der Waals surface area contributed by atoms with Crippen LogP contribution in [0.1, 0.15) is 17.2 Å². The highest BCUT2D eigenvalue weighted by atomic mass is 16.7. The van der Waals surface area contributed by atoms with E-state index in [4.69, 9.17) is 10.6 Å². The van der Waals surface area contributed by atoms with E-state index in [9.17, 15) is 4.79 Å². The zero-order valence-corrected chi connectivity index (χ0v) is 9.74. The van der Waals surface area contributed by atoms with Crippen molar-refractivity contribution < 1.29 is 9.63 Å². The van der Waals surface area contributed by atoms with Gasteiger partial charge in [0, 0.05) is 0 Å². The van der Waals surface area contributed by atoms with E-state index in [0.29, 0.717) is 0 Å². The third kappa shape index (κ3) is 3.09. The van der Waals surface area contributed by atoms with Crippen LogP contribution in [0.4, 0.5) is 4.79 Å². The van der Waals surface area contributed by atoms with Crippen molar-refractivity contribution in [2.45, 2.75) is 6.10 Å². The quantitative estimate of drug-likeness (QED) is 0.808. The molecule has 0 aliphatic rings. The number of rotatable bonds is 4. The van der Waals surface area contributed by atoms with Gasteiger partial charge in [-0.3, -0.25) is 4.84 Å². The fourth-order valence-corrected chi connectivity index (χ4v) is 1.70. The maximum Gasteiger partial charge on any atom is 0.336 e. The highest BCUT2D eigenvalue weighted by molar-refractivity contribution is 5.70. The molecule has 2 aromatic carbocycles. The summed E-state index contributed by atoms with van der Waals surface area (Å²) in [6.45, 7) is 0. The van der Waals surface area contributed by atoms with Crippen molar-refractivity contribution >= 4 is 6.03 Å². The summed E-state index contributed by atoms with van der Waals surface area (Å²) in [5.74, 6) is 0. The van der Waals surface area contributed by atoms with Crippen LogP contribution in [-0.4, -0.2) is 6.03 Å². The average Bonchev–Trinajstić information content (AvgIpc) is 2.41. The van der Waals surface area contributed by atoms with Crippen molar-refractivity contribution in [2.24, 2.45) is 5.73 Å². The van der Waals surface area contributed by atoms with Gasteiger partial charge in [-0.25, -0.2) is 10.3 Å². The molecule has 0 atom stereocenters. The zero-order valence-electron chi connectivity index (χ0n) is 9.74. The van der Waals surface area contributed by atoms with Crippen LogP contribution in [0.5, 0.6) is 0 Å².